The first-order chi connectivity index (χ1) is 7.02. The summed E-state index contributed by atoms with van der Waals surface area (Å²) in [6.45, 7) is 5.92. The fraction of sp³-hybridized carbons (Fsp3) is 0.417. The van der Waals surface area contributed by atoms with Gasteiger partial charge in [0.2, 0.25) is 5.91 Å². The number of benzene rings is 1. The summed E-state index contributed by atoms with van der Waals surface area (Å²) in [7, 11) is 0. The summed E-state index contributed by atoms with van der Waals surface area (Å²) in [4.78, 5) is 11.1. The number of amides is 1. The third kappa shape index (κ3) is 3.27. The van der Waals surface area contributed by atoms with Crippen molar-refractivity contribution in [2.75, 3.05) is 0 Å². The second kappa shape index (κ2) is 4.82. The molecule has 82 valence electrons. The van der Waals surface area contributed by atoms with E-state index in [2.05, 4.69) is 0 Å². The van der Waals surface area contributed by atoms with Crippen molar-refractivity contribution in [3.63, 3.8) is 0 Å². The second-order valence-electron chi connectivity index (χ2n) is 3.75. The lowest BCUT2D eigenvalue weighted by atomic mass is 10.1. The molecule has 1 aromatic carbocycles. The van der Waals surface area contributed by atoms with Crippen molar-refractivity contribution >= 4 is 5.91 Å². The van der Waals surface area contributed by atoms with Gasteiger partial charge in [-0.15, -0.1) is 0 Å². The molecule has 15 heavy (non-hydrogen) atoms. The number of rotatable bonds is 4. The molecular weight excluding hydrogens is 190 g/mol. The van der Waals surface area contributed by atoms with Crippen LogP contribution in [0.15, 0.2) is 18.2 Å². The molecule has 0 spiro atoms. The van der Waals surface area contributed by atoms with Gasteiger partial charge in [0.05, 0.1) is 6.10 Å². The molecular formula is C12H17NO2. The maximum absolute atomic E-state index is 11.1. The molecule has 0 saturated carbocycles. The van der Waals surface area contributed by atoms with Gasteiger partial charge in [-0.25, -0.2) is 0 Å². The van der Waals surface area contributed by atoms with E-state index in [0.29, 0.717) is 11.3 Å². The van der Waals surface area contributed by atoms with Crippen LogP contribution in [0.25, 0.3) is 0 Å². The Morgan fingerprint density at radius 2 is 2.07 bits per heavy atom. The van der Waals surface area contributed by atoms with Crippen LogP contribution in [0.1, 0.15) is 36.7 Å². The first kappa shape index (κ1) is 11.6. The number of primary amides is 1. The number of carbonyl (C=O) groups excluding carboxylic acids is 1. The van der Waals surface area contributed by atoms with Crippen LogP contribution in [0.4, 0.5) is 0 Å². The molecule has 0 aliphatic carbocycles. The summed E-state index contributed by atoms with van der Waals surface area (Å²) in [5.74, 6) is 0.289. The first-order valence-corrected chi connectivity index (χ1v) is 5.13. The molecule has 0 fully saturated rings. The lowest BCUT2D eigenvalue weighted by molar-refractivity contribution is 0.0999. The predicted molar refractivity (Wildman–Crippen MR) is 60.1 cm³/mol. The molecule has 2 N–H and O–H groups in total. The van der Waals surface area contributed by atoms with Gasteiger partial charge in [0.25, 0.3) is 0 Å². The van der Waals surface area contributed by atoms with Gasteiger partial charge in [-0.05, 0) is 44.0 Å². The molecule has 0 heterocycles. The highest BCUT2D eigenvalue weighted by molar-refractivity contribution is 5.93. The van der Waals surface area contributed by atoms with Crippen molar-refractivity contribution in [2.24, 2.45) is 5.73 Å². The Hall–Kier alpha value is -1.51. The van der Waals surface area contributed by atoms with Gasteiger partial charge >= 0.3 is 0 Å². The van der Waals surface area contributed by atoms with E-state index >= 15 is 0 Å². The van der Waals surface area contributed by atoms with Gasteiger partial charge < -0.3 is 10.5 Å². The molecule has 0 unspecified atom stereocenters. The van der Waals surface area contributed by atoms with E-state index in [9.17, 15) is 4.79 Å². The highest BCUT2D eigenvalue weighted by atomic mass is 16.5. The van der Waals surface area contributed by atoms with Gasteiger partial charge in [0.1, 0.15) is 5.75 Å². The maximum atomic E-state index is 11.1. The maximum Gasteiger partial charge on any atom is 0.248 e. The molecule has 1 amide bonds. The average Bonchev–Trinajstić information content (AvgIpc) is 2.16. The first-order valence-electron chi connectivity index (χ1n) is 5.13. The number of nitrogens with two attached hydrogens (primary N) is 1. The largest absolute Gasteiger partial charge is 0.491 e. The summed E-state index contributed by atoms with van der Waals surface area (Å²) < 4.78 is 5.54. The van der Waals surface area contributed by atoms with Gasteiger partial charge in [-0.1, -0.05) is 6.92 Å². The molecule has 3 heteroatoms. The van der Waals surface area contributed by atoms with Crippen molar-refractivity contribution in [2.45, 2.75) is 33.3 Å². The zero-order valence-corrected chi connectivity index (χ0v) is 9.41. The van der Waals surface area contributed by atoms with Crippen LogP contribution >= 0.6 is 0 Å². The van der Waals surface area contributed by atoms with Crippen molar-refractivity contribution in [1.82, 2.24) is 0 Å². The monoisotopic (exact) mass is 207 g/mol. The van der Waals surface area contributed by atoms with E-state index in [1.807, 2.05) is 26.8 Å². The minimum absolute atomic E-state index is 0.0952. The van der Waals surface area contributed by atoms with E-state index < -0.39 is 5.91 Å². The normalized spacial score (nSPS) is 10.4. The minimum Gasteiger partial charge on any atom is -0.491 e. The molecule has 0 radical (unpaired) electrons. The van der Waals surface area contributed by atoms with Gasteiger partial charge in [0, 0.05) is 5.56 Å². The summed E-state index contributed by atoms with van der Waals surface area (Å²) >= 11 is 0. The lowest BCUT2D eigenvalue weighted by Gasteiger charge is -2.11. The third-order valence-corrected chi connectivity index (χ3v) is 2.03. The molecule has 0 atom stereocenters. The van der Waals surface area contributed by atoms with E-state index in [-0.39, 0.29) is 6.10 Å². The summed E-state index contributed by atoms with van der Waals surface area (Å²) in [5, 5.41) is 0. The highest BCUT2D eigenvalue weighted by Gasteiger charge is 2.06. The number of hydrogen-bond donors (Lipinski definition) is 1. The minimum atomic E-state index is -0.418. The Balaban J connectivity index is 3.05. The molecule has 0 aliphatic rings. The number of aryl methyl sites for hydroxylation is 1. The zero-order chi connectivity index (χ0) is 11.4. The number of carbonyl (C=O) groups is 1. The van der Waals surface area contributed by atoms with Crippen molar-refractivity contribution in [1.29, 1.82) is 0 Å². The van der Waals surface area contributed by atoms with Crippen LogP contribution < -0.4 is 10.5 Å². The Morgan fingerprint density at radius 1 is 1.40 bits per heavy atom. The highest BCUT2D eigenvalue weighted by Crippen LogP contribution is 2.18. The number of hydrogen-bond acceptors (Lipinski definition) is 2. The van der Waals surface area contributed by atoms with Crippen LogP contribution in [0, 0.1) is 0 Å². The summed E-state index contributed by atoms with van der Waals surface area (Å²) in [5.41, 5.74) is 6.80. The number of ether oxygens (including phenoxy) is 1. The summed E-state index contributed by atoms with van der Waals surface area (Å²) in [6.07, 6.45) is 0.952. The van der Waals surface area contributed by atoms with Crippen LogP contribution in [0.5, 0.6) is 5.75 Å². The predicted octanol–water partition coefficient (Wildman–Crippen LogP) is 2.14. The van der Waals surface area contributed by atoms with Crippen molar-refractivity contribution in [3.05, 3.63) is 29.3 Å². The van der Waals surface area contributed by atoms with Gasteiger partial charge in [0.15, 0.2) is 0 Å². The molecule has 0 aromatic heterocycles. The molecule has 0 bridgehead atoms. The molecule has 0 aliphatic heterocycles. The molecule has 1 rings (SSSR count). The zero-order valence-electron chi connectivity index (χ0n) is 9.41. The van der Waals surface area contributed by atoms with Crippen LogP contribution in [-0.2, 0) is 6.42 Å². The van der Waals surface area contributed by atoms with Gasteiger partial charge in [-0.2, -0.15) is 0 Å². The SMILES string of the molecule is CCc1cc(OC(C)C)cc(C(N)=O)c1. The van der Waals surface area contributed by atoms with Crippen molar-refractivity contribution < 1.29 is 9.53 Å². The van der Waals surface area contributed by atoms with Crippen molar-refractivity contribution in [3.8, 4) is 5.75 Å². The fourth-order valence-corrected chi connectivity index (χ4v) is 1.35. The van der Waals surface area contributed by atoms with Gasteiger partial charge in [-0.3, -0.25) is 4.79 Å². The Bertz CT molecular complexity index is 359. The van der Waals surface area contributed by atoms with E-state index in [4.69, 9.17) is 10.5 Å². The Kier molecular flexibility index (Phi) is 3.72. The van der Waals surface area contributed by atoms with Crippen LogP contribution in [0.2, 0.25) is 0 Å². The van der Waals surface area contributed by atoms with E-state index in [0.717, 1.165) is 12.0 Å². The second-order valence-corrected chi connectivity index (χ2v) is 3.75. The molecule has 0 saturated heterocycles. The molecule has 3 nitrogen and oxygen atoms in total. The Labute approximate surface area is 90.2 Å². The standard InChI is InChI=1S/C12H17NO2/c1-4-9-5-10(12(13)14)7-11(6-9)15-8(2)3/h5-8H,4H2,1-3H3,(H2,13,14). The molecule has 1 aromatic rings. The topological polar surface area (TPSA) is 52.3 Å². The summed E-state index contributed by atoms with van der Waals surface area (Å²) in [6, 6.07) is 5.42. The van der Waals surface area contributed by atoms with Crippen LogP contribution in [0.3, 0.4) is 0 Å². The quantitative estimate of drug-likeness (QED) is 0.822. The Morgan fingerprint density at radius 3 is 2.53 bits per heavy atom. The lowest BCUT2D eigenvalue weighted by Crippen LogP contribution is -2.12. The van der Waals surface area contributed by atoms with E-state index in [1.54, 1.807) is 12.1 Å². The average molecular weight is 207 g/mol. The van der Waals surface area contributed by atoms with Crippen LogP contribution in [-0.4, -0.2) is 12.0 Å². The third-order valence-electron chi connectivity index (χ3n) is 2.03. The smallest absolute Gasteiger partial charge is 0.248 e. The van der Waals surface area contributed by atoms with E-state index in [1.165, 1.54) is 0 Å². The fourth-order valence-electron chi connectivity index (χ4n) is 1.35.